The van der Waals surface area contributed by atoms with Crippen LogP contribution in [0.15, 0.2) is 52.7 Å². The summed E-state index contributed by atoms with van der Waals surface area (Å²) in [6.07, 6.45) is 2.96. The predicted octanol–water partition coefficient (Wildman–Crippen LogP) is 3.53. The number of thiophene rings is 1. The third-order valence-electron chi connectivity index (χ3n) is 3.73. The average Bonchev–Trinajstić information content (AvgIpc) is 3.17. The minimum Gasteiger partial charge on any atom is -0.472 e. The predicted molar refractivity (Wildman–Crippen MR) is 89.3 cm³/mol. The summed E-state index contributed by atoms with van der Waals surface area (Å²) in [5, 5.41) is 6.42. The molecule has 0 saturated heterocycles. The van der Waals surface area contributed by atoms with Crippen molar-refractivity contribution in [1.29, 1.82) is 0 Å². The van der Waals surface area contributed by atoms with Crippen molar-refractivity contribution in [2.24, 2.45) is 0 Å². The number of likely N-dealkylation sites (N-methyl/N-ethyl adjacent to an activating group) is 1. The van der Waals surface area contributed by atoms with E-state index in [1.807, 2.05) is 20.2 Å². The van der Waals surface area contributed by atoms with Gasteiger partial charge in [0.15, 0.2) is 0 Å². The van der Waals surface area contributed by atoms with E-state index >= 15 is 0 Å². The molecular formula is C17H18N2O2S. The maximum Gasteiger partial charge on any atom is 0.254 e. The quantitative estimate of drug-likeness (QED) is 0.783. The fraction of sp³-hybridized carbons (Fsp3) is 0.235. The van der Waals surface area contributed by atoms with Crippen LogP contribution in [0.2, 0.25) is 0 Å². The standard InChI is InChI=1S/C17H18N2O2S/c1-19(2)15(9-18-17(20)12-7-8-21-10-12)14-11-22-16-6-4-3-5-13(14)16/h3-8,10-11,15H,9H2,1-2H3,(H,18,20). The molecule has 4 nitrogen and oxygen atoms in total. The lowest BCUT2D eigenvalue weighted by Crippen LogP contribution is -2.34. The van der Waals surface area contributed by atoms with Crippen LogP contribution in [0.3, 0.4) is 0 Å². The molecule has 0 fully saturated rings. The van der Waals surface area contributed by atoms with E-state index in [2.05, 4.69) is 33.8 Å². The SMILES string of the molecule is CN(C)C(CNC(=O)c1ccoc1)c1csc2ccccc12. The van der Waals surface area contributed by atoms with Gasteiger partial charge in [0.1, 0.15) is 6.26 Å². The van der Waals surface area contributed by atoms with Crippen molar-refractivity contribution in [1.82, 2.24) is 10.2 Å². The third-order valence-corrected chi connectivity index (χ3v) is 4.71. The molecule has 0 bridgehead atoms. The molecule has 3 aromatic rings. The number of fused-ring (bicyclic) bond motifs is 1. The van der Waals surface area contributed by atoms with Crippen molar-refractivity contribution >= 4 is 27.3 Å². The van der Waals surface area contributed by atoms with Crippen molar-refractivity contribution < 1.29 is 9.21 Å². The van der Waals surface area contributed by atoms with Gasteiger partial charge in [-0.25, -0.2) is 0 Å². The smallest absolute Gasteiger partial charge is 0.254 e. The molecule has 2 aromatic heterocycles. The minimum atomic E-state index is -0.111. The molecule has 114 valence electrons. The van der Waals surface area contributed by atoms with Crippen LogP contribution in [0.1, 0.15) is 22.0 Å². The number of amides is 1. The summed E-state index contributed by atoms with van der Waals surface area (Å²) in [4.78, 5) is 14.2. The summed E-state index contributed by atoms with van der Waals surface area (Å²) < 4.78 is 6.22. The van der Waals surface area contributed by atoms with E-state index in [-0.39, 0.29) is 11.9 Å². The van der Waals surface area contributed by atoms with Crippen LogP contribution in [-0.2, 0) is 0 Å². The lowest BCUT2D eigenvalue weighted by Gasteiger charge is -2.24. The molecule has 22 heavy (non-hydrogen) atoms. The Morgan fingerprint density at radius 3 is 2.86 bits per heavy atom. The fourth-order valence-electron chi connectivity index (χ4n) is 2.51. The molecule has 0 radical (unpaired) electrons. The first-order valence-electron chi connectivity index (χ1n) is 7.10. The van der Waals surface area contributed by atoms with Crippen molar-refractivity contribution in [3.63, 3.8) is 0 Å². The lowest BCUT2D eigenvalue weighted by molar-refractivity contribution is 0.0941. The molecule has 1 aromatic carbocycles. The second kappa shape index (κ2) is 6.34. The fourth-order valence-corrected chi connectivity index (χ4v) is 3.52. The van der Waals surface area contributed by atoms with Gasteiger partial charge < -0.3 is 14.6 Å². The first kappa shape index (κ1) is 14.8. The van der Waals surface area contributed by atoms with E-state index in [0.717, 1.165) is 0 Å². The summed E-state index contributed by atoms with van der Waals surface area (Å²) in [7, 11) is 4.06. The van der Waals surface area contributed by atoms with Crippen LogP contribution < -0.4 is 5.32 Å². The second-order valence-electron chi connectivity index (χ2n) is 5.39. The molecule has 1 unspecified atom stereocenters. The van der Waals surface area contributed by atoms with Crippen molar-refractivity contribution in [3.8, 4) is 0 Å². The van der Waals surface area contributed by atoms with Gasteiger partial charge in [-0.1, -0.05) is 18.2 Å². The molecule has 0 spiro atoms. The zero-order valence-corrected chi connectivity index (χ0v) is 13.4. The Balaban J connectivity index is 1.80. The largest absolute Gasteiger partial charge is 0.472 e. The van der Waals surface area contributed by atoms with E-state index in [1.54, 1.807) is 17.4 Å². The lowest BCUT2D eigenvalue weighted by atomic mass is 10.0. The van der Waals surface area contributed by atoms with Crippen molar-refractivity contribution in [2.45, 2.75) is 6.04 Å². The van der Waals surface area contributed by atoms with Gasteiger partial charge in [0, 0.05) is 11.2 Å². The Hall–Kier alpha value is -2.11. The Kier molecular flexibility index (Phi) is 4.27. The molecule has 0 aliphatic rings. The molecule has 1 N–H and O–H groups in total. The van der Waals surface area contributed by atoms with Crippen LogP contribution in [0.5, 0.6) is 0 Å². The normalized spacial score (nSPS) is 12.7. The summed E-state index contributed by atoms with van der Waals surface area (Å²) in [5.41, 5.74) is 1.80. The van der Waals surface area contributed by atoms with Gasteiger partial charge in [-0.2, -0.15) is 0 Å². The van der Waals surface area contributed by atoms with Gasteiger partial charge in [-0.05, 0) is 42.6 Å². The van der Waals surface area contributed by atoms with E-state index < -0.39 is 0 Å². The number of rotatable bonds is 5. The molecule has 0 aliphatic carbocycles. The highest BCUT2D eigenvalue weighted by molar-refractivity contribution is 7.17. The van der Waals surface area contributed by atoms with Crippen LogP contribution in [0.4, 0.5) is 0 Å². The average molecular weight is 314 g/mol. The summed E-state index contributed by atoms with van der Waals surface area (Å²) in [6.45, 7) is 0.553. The highest BCUT2D eigenvalue weighted by Crippen LogP contribution is 2.31. The topological polar surface area (TPSA) is 45.5 Å². The van der Waals surface area contributed by atoms with E-state index in [0.29, 0.717) is 12.1 Å². The Labute approximate surface area is 133 Å². The van der Waals surface area contributed by atoms with Gasteiger partial charge in [-0.3, -0.25) is 4.79 Å². The summed E-state index contributed by atoms with van der Waals surface area (Å²) in [6, 6.07) is 10.2. The van der Waals surface area contributed by atoms with Crippen LogP contribution in [-0.4, -0.2) is 31.4 Å². The zero-order valence-electron chi connectivity index (χ0n) is 12.6. The highest BCUT2D eigenvalue weighted by atomic mass is 32.1. The number of nitrogens with one attached hydrogen (secondary N) is 1. The number of benzene rings is 1. The number of carbonyl (C=O) groups is 1. The molecule has 2 heterocycles. The maximum absolute atomic E-state index is 12.1. The van der Waals surface area contributed by atoms with Gasteiger partial charge >= 0.3 is 0 Å². The second-order valence-corrected chi connectivity index (χ2v) is 6.30. The molecule has 3 rings (SSSR count). The monoisotopic (exact) mass is 314 g/mol. The summed E-state index contributed by atoms with van der Waals surface area (Å²) in [5.74, 6) is -0.111. The van der Waals surface area contributed by atoms with Gasteiger partial charge in [0.25, 0.3) is 5.91 Å². The Morgan fingerprint density at radius 2 is 2.14 bits per heavy atom. The first-order valence-corrected chi connectivity index (χ1v) is 7.97. The van der Waals surface area contributed by atoms with E-state index in [9.17, 15) is 4.79 Å². The molecule has 5 heteroatoms. The van der Waals surface area contributed by atoms with Crippen LogP contribution in [0, 0.1) is 0 Å². The van der Waals surface area contributed by atoms with Crippen molar-refractivity contribution in [2.75, 3.05) is 20.6 Å². The summed E-state index contributed by atoms with van der Waals surface area (Å²) >= 11 is 1.74. The molecule has 1 atom stereocenters. The Morgan fingerprint density at radius 1 is 1.32 bits per heavy atom. The number of carbonyl (C=O) groups excluding carboxylic acids is 1. The van der Waals surface area contributed by atoms with Crippen molar-refractivity contribution in [3.05, 3.63) is 59.4 Å². The van der Waals surface area contributed by atoms with Gasteiger partial charge in [0.2, 0.25) is 0 Å². The third kappa shape index (κ3) is 2.91. The van der Waals surface area contributed by atoms with E-state index in [4.69, 9.17) is 4.42 Å². The molecule has 0 aliphatic heterocycles. The molecule has 0 saturated carbocycles. The number of furan rings is 1. The van der Waals surface area contributed by atoms with Gasteiger partial charge in [0.05, 0.1) is 17.9 Å². The van der Waals surface area contributed by atoms with Gasteiger partial charge in [-0.15, -0.1) is 11.3 Å². The zero-order chi connectivity index (χ0) is 15.5. The molecular weight excluding hydrogens is 296 g/mol. The Bertz CT molecular complexity index is 762. The van der Waals surface area contributed by atoms with Crippen LogP contribution >= 0.6 is 11.3 Å². The first-order chi connectivity index (χ1) is 10.7. The number of nitrogens with zero attached hydrogens (tertiary/aromatic N) is 1. The highest BCUT2D eigenvalue weighted by Gasteiger charge is 2.19. The molecule has 1 amide bonds. The van der Waals surface area contributed by atoms with Crippen LogP contribution in [0.25, 0.3) is 10.1 Å². The van der Waals surface area contributed by atoms with E-state index in [1.165, 1.54) is 28.2 Å². The maximum atomic E-state index is 12.1. The number of hydrogen-bond donors (Lipinski definition) is 1. The minimum absolute atomic E-state index is 0.111. The number of hydrogen-bond acceptors (Lipinski definition) is 4.